The summed E-state index contributed by atoms with van der Waals surface area (Å²) in [5.74, 6) is -17.7. The normalized spacial score (nSPS) is 23.7. The van der Waals surface area contributed by atoms with Crippen LogP contribution in [0.15, 0.2) is 11.8 Å². The van der Waals surface area contributed by atoms with Crippen LogP contribution in [0.2, 0.25) is 0 Å². The number of esters is 1. The van der Waals surface area contributed by atoms with Gasteiger partial charge in [-0.25, -0.2) is 9.59 Å². The molecule has 0 aromatic carbocycles. The van der Waals surface area contributed by atoms with Crippen molar-refractivity contribution in [1.82, 2.24) is 47.9 Å². The molecule has 9 amide bonds. The number of cyclic esters (lactones) is 1. The first-order valence-electron chi connectivity index (χ1n) is 30.7. The Morgan fingerprint density at radius 1 is 0.584 bits per heavy atom. The van der Waals surface area contributed by atoms with Gasteiger partial charge in [-0.15, -0.1) is 11.6 Å². The zero-order valence-corrected chi connectivity index (χ0v) is 52.2. The second kappa shape index (κ2) is 45.6. The van der Waals surface area contributed by atoms with Gasteiger partial charge in [-0.3, -0.25) is 47.9 Å². The predicted molar refractivity (Wildman–Crippen MR) is 323 cm³/mol. The van der Waals surface area contributed by atoms with Gasteiger partial charge in [0.2, 0.25) is 47.3 Å². The van der Waals surface area contributed by atoms with E-state index in [1.807, 2.05) is 10.6 Å². The highest BCUT2D eigenvalue weighted by atomic mass is 35.5. The molecule has 0 aromatic heterocycles. The monoisotopic (exact) mass is 1290 g/mol. The molecule has 89 heavy (non-hydrogen) atoms. The van der Waals surface area contributed by atoms with Crippen molar-refractivity contribution in [1.29, 1.82) is 0 Å². The summed E-state index contributed by atoms with van der Waals surface area (Å²) in [4.78, 5) is 163. The van der Waals surface area contributed by atoms with E-state index in [1.54, 1.807) is 0 Å². The first-order chi connectivity index (χ1) is 42.3. The van der Waals surface area contributed by atoms with E-state index in [9.17, 15) is 88.2 Å². The fourth-order valence-corrected chi connectivity index (χ4v) is 9.47. The second-order valence-corrected chi connectivity index (χ2v) is 22.3. The van der Waals surface area contributed by atoms with Crippen LogP contribution >= 0.6 is 11.6 Å². The molecule has 0 bridgehead atoms. The van der Waals surface area contributed by atoms with Gasteiger partial charge >= 0.3 is 17.9 Å². The Morgan fingerprint density at radius 2 is 1.06 bits per heavy atom. The number of rotatable bonds is 34. The number of aliphatic hydroxyl groups is 4. The van der Waals surface area contributed by atoms with Gasteiger partial charge in [0.15, 0.2) is 12.1 Å². The Labute approximate surface area is 524 Å². The van der Waals surface area contributed by atoms with Gasteiger partial charge in [-0.2, -0.15) is 0 Å². The molecule has 0 unspecified atom stereocenters. The average Bonchev–Trinajstić information content (AvgIpc) is 2.48. The van der Waals surface area contributed by atoms with Crippen LogP contribution in [0.5, 0.6) is 0 Å². The summed E-state index contributed by atoms with van der Waals surface area (Å²) in [6, 6.07) is -15.8. The number of aliphatic hydroxyl groups excluding tert-OH is 4. The molecule has 1 aliphatic rings. The predicted octanol–water partition coefficient (Wildman–Crippen LogP) is -2.82. The third-order valence-corrected chi connectivity index (χ3v) is 14.8. The van der Waals surface area contributed by atoms with Gasteiger partial charge in [0.25, 0.3) is 5.91 Å². The van der Waals surface area contributed by atoms with Crippen LogP contribution in [-0.2, 0) is 62.3 Å². The Morgan fingerprint density at radius 3 is 1.53 bits per heavy atom. The highest BCUT2D eigenvalue weighted by Gasteiger charge is 2.41. The number of allylic oxidation sites excluding steroid dienone is 1. The quantitative estimate of drug-likeness (QED) is 0.0134. The molecule has 1 saturated heterocycles. The van der Waals surface area contributed by atoms with Gasteiger partial charge in [0.05, 0.1) is 37.0 Å². The smallest absolute Gasteiger partial charge is 0.335 e. The number of hydrogen-bond donors (Lipinski definition) is 18. The molecule has 0 saturated carbocycles. The van der Waals surface area contributed by atoms with E-state index < -0.39 is 181 Å². The summed E-state index contributed by atoms with van der Waals surface area (Å²) in [6.45, 7) is 2.70. The van der Waals surface area contributed by atoms with Crippen molar-refractivity contribution >= 4 is 82.7 Å². The summed E-state index contributed by atoms with van der Waals surface area (Å²) < 4.78 is 5.30. The molecule has 0 radical (unpaired) electrons. The zero-order chi connectivity index (χ0) is 67.0. The Bertz CT molecular complexity index is 2300. The molecule has 12 atom stereocenters. The molecule has 0 spiro atoms. The number of halogens is 1. The van der Waals surface area contributed by atoms with E-state index in [0.29, 0.717) is 12.8 Å². The number of nitrogens with two attached hydrogens (primary N) is 3. The number of alkyl halides is 1. The van der Waals surface area contributed by atoms with Crippen LogP contribution in [0.3, 0.4) is 0 Å². The van der Waals surface area contributed by atoms with Crippen LogP contribution in [-0.4, -0.2) is 207 Å². The van der Waals surface area contributed by atoms with Crippen molar-refractivity contribution in [3.05, 3.63) is 11.8 Å². The second-order valence-electron chi connectivity index (χ2n) is 22.0. The van der Waals surface area contributed by atoms with E-state index in [1.165, 1.54) is 58.3 Å². The standard InChI is InChI=1S/C57H99ClN12O19/c1-4-6-7-8-9-10-11-12-13-14-15-16-17-18-19-22-34(72)29-42(74)62-40-32-89-57(88)45(41(73)31-58)69-55(85)46(47(77)56(86)87)70-48(78)35(5-2)63-54(84)44(33(3)71)68-51(81)38(25-28-61)65-49(79)36(23-20-21-26-59)64-52(82)39(30-43(75)76)67-50(80)37(24-27-60)66-53(40)83/h5,33-34,36-41,44-47,71-73,77H,4,6-32,59-61H2,1-3H3,(H,62,74)(H,63,84)(H,64,82)(H,65,79)(H,66,83)(H,67,80)(H,68,81)(H,69,85)(H,70,78)(H,75,76)(H,86,87)/b35-5-/t33-,34+,36-,37+,38-,39-,40-,41+,44-,45-,46-,47-/m0/s1. The third-order valence-electron chi connectivity index (χ3n) is 14.5. The maximum absolute atomic E-state index is 14.2. The van der Waals surface area contributed by atoms with Gasteiger partial charge in [-0.05, 0) is 72.0 Å². The molecule has 32 heteroatoms. The molecule has 1 rings (SSSR count). The number of ether oxygens (including phenoxy) is 1. The summed E-state index contributed by atoms with van der Waals surface area (Å²) in [6.07, 6.45) is 7.48. The first-order valence-corrected chi connectivity index (χ1v) is 31.2. The number of carboxylic acid groups (broad SMARTS) is 2. The maximum atomic E-state index is 14.2. The minimum atomic E-state index is -2.83. The summed E-state index contributed by atoms with van der Waals surface area (Å²) >= 11 is 5.88. The lowest BCUT2D eigenvalue weighted by Crippen LogP contribution is -2.62. The Balaban J connectivity index is 3.81. The van der Waals surface area contributed by atoms with Gasteiger partial charge in [0, 0.05) is 0 Å². The molecule has 0 aromatic rings. The number of unbranched alkanes of at least 4 members (excludes halogenated alkanes) is 15. The molecule has 1 heterocycles. The summed E-state index contributed by atoms with van der Waals surface area (Å²) in [7, 11) is 0. The van der Waals surface area contributed by atoms with E-state index in [2.05, 4.69) is 44.1 Å². The number of nitrogens with one attached hydrogen (secondary N) is 9. The summed E-state index contributed by atoms with van der Waals surface area (Å²) in [5.41, 5.74) is 16.5. The van der Waals surface area contributed by atoms with E-state index in [0.717, 1.165) is 51.5 Å². The van der Waals surface area contributed by atoms with Crippen molar-refractivity contribution in [3.8, 4) is 0 Å². The molecule has 0 aliphatic carbocycles. The number of carbonyl (C=O) groups excluding carboxylic acids is 10. The fraction of sp³-hybridized carbons (Fsp3) is 0.754. The molecule has 508 valence electrons. The molecule has 31 nitrogen and oxygen atoms in total. The Hall–Kier alpha value is -6.61. The number of hydrogen-bond acceptors (Lipinski definition) is 20. The number of carboxylic acids is 2. The van der Waals surface area contributed by atoms with Gasteiger partial charge in [0.1, 0.15) is 54.6 Å². The topological polar surface area (TPSA) is 522 Å². The van der Waals surface area contributed by atoms with Crippen LogP contribution in [0.25, 0.3) is 0 Å². The maximum Gasteiger partial charge on any atom is 0.335 e. The minimum Gasteiger partial charge on any atom is -0.481 e. The third kappa shape index (κ3) is 32.1. The van der Waals surface area contributed by atoms with E-state index in [-0.39, 0.29) is 45.3 Å². The molecule has 1 fully saturated rings. The van der Waals surface area contributed by atoms with Crippen LogP contribution in [0.1, 0.15) is 168 Å². The largest absolute Gasteiger partial charge is 0.481 e. The van der Waals surface area contributed by atoms with Crippen molar-refractivity contribution in [2.75, 3.05) is 32.1 Å². The molecular formula is C57H99ClN12O19. The van der Waals surface area contributed by atoms with Crippen molar-refractivity contribution in [2.45, 2.75) is 241 Å². The van der Waals surface area contributed by atoms with Crippen molar-refractivity contribution in [2.24, 2.45) is 17.2 Å². The lowest BCUT2D eigenvalue weighted by molar-refractivity contribution is -0.155. The lowest BCUT2D eigenvalue weighted by Gasteiger charge is -2.28. The average molecular weight is 1290 g/mol. The molecular weight excluding hydrogens is 1190 g/mol. The van der Waals surface area contributed by atoms with Gasteiger partial charge in [-0.1, -0.05) is 109 Å². The molecule has 21 N–H and O–H groups in total. The van der Waals surface area contributed by atoms with Crippen LogP contribution in [0, 0.1) is 0 Å². The Kier molecular flexibility index (Phi) is 41.2. The fourth-order valence-electron chi connectivity index (χ4n) is 9.29. The van der Waals surface area contributed by atoms with Crippen molar-refractivity contribution in [3.63, 3.8) is 0 Å². The van der Waals surface area contributed by atoms with Crippen molar-refractivity contribution < 1.29 is 92.9 Å². The van der Waals surface area contributed by atoms with Crippen LogP contribution < -0.4 is 65.1 Å². The number of carbonyl (C=O) groups is 12. The zero-order valence-electron chi connectivity index (χ0n) is 51.4. The lowest BCUT2D eigenvalue weighted by atomic mass is 10.0. The number of amides is 9. The highest BCUT2D eigenvalue weighted by molar-refractivity contribution is 6.18. The first kappa shape index (κ1) is 80.4. The van der Waals surface area contributed by atoms with Crippen LogP contribution in [0.4, 0.5) is 0 Å². The SMILES string of the molecule is C/C=C1\NC(=O)[C@H]([C@H](C)O)NC(=O)[C@H](CCN)NC(=O)[C@H](CCCCN)NC(=O)[C@H](CC(=O)O)NC(=O)[C@@H](CCN)NC(=O)[C@@H](NC(=O)C[C@H](O)CCCCCCCCCCCCCCCCC)COC(=O)[C@H]([C@H](O)CCl)NC(=O)[C@H]([C@H](O)C(=O)O)NC1=O. The summed E-state index contributed by atoms with van der Waals surface area (Å²) in [5, 5.41) is 82.5. The van der Waals surface area contributed by atoms with Gasteiger partial charge < -0.3 is 100 Å². The minimum absolute atomic E-state index is 0.123. The molecule has 1 aliphatic heterocycles. The van der Waals surface area contributed by atoms with E-state index in [4.69, 9.17) is 33.5 Å². The highest BCUT2D eigenvalue weighted by Crippen LogP contribution is 2.16. The van der Waals surface area contributed by atoms with E-state index >= 15 is 0 Å². The number of aliphatic carboxylic acids is 2.